The zero-order valence-corrected chi connectivity index (χ0v) is 8.84. The number of methoxy groups -OCH3 is 1. The van der Waals surface area contributed by atoms with Crippen molar-refractivity contribution in [2.24, 2.45) is 0 Å². The Balaban J connectivity index is 2.53. The van der Waals surface area contributed by atoms with E-state index in [0.29, 0.717) is 11.1 Å². The molecule has 80 valence electrons. The first-order valence-electron chi connectivity index (χ1n) is 4.95. The van der Waals surface area contributed by atoms with Crippen molar-refractivity contribution in [1.82, 2.24) is 0 Å². The Kier molecular flexibility index (Phi) is 2.35. The Hall–Kier alpha value is -1.22. The van der Waals surface area contributed by atoms with Crippen LogP contribution in [0.25, 0.3) is 0 Å². The minimum atomic E-state index is -0.414. The third kappa shape index (κ3) is 1.67. The number of carbonyl (C=O) groups excluding carboxylic acids is 1. The lowest BCUT2D eigenvalue weighted by Gasteiger charge is -2.16. The van der Waals surface area contributed by atoms with Crippen molar-refractivity contribution in [3.05, 3.63) is 35.1 Å². The molecule has 3 heteroatoms. The Morgan fingerprint density at radius 1 is 1.47 bits per heavy atom. The molecule has 1 aliphatic carbocycles. The minimum Gasteiger partial charge on any atom is -0.374 e. The summed E-state index contributed by atoms with van der Waals surface area (Å²) < 4.78 is 18.5. The average molecular weight is 208 g/mol. The number of halogens is 1. The molecule has 0 amide bonds. The molecular formula is C12H13FO2. The molecule has 0 aliphatic heterocycles. The molecule has 1 fully saturated rings. The molecule has 0 radical (unpaired) electrons. The summed E-state index contributed by atoms with van der Waals surface area (Å²) in [6.07, 6.45) is 1.71. The quantitative estimate of drug-likeness (QED) is 0.714. The van der Waals surface area contributed by atoms with Gasteiger partial charge in [-0.1, -0.05) is 0 Å². The number of ether oxygens (including phenoxy) is 1. The maximum atomic E-state index is 13.1. The zero-order valence-electron chi connectivity index (χ0n) is 8.84. The second kappa shape index (κ2) is 3.42. The van der Waals surface area contributed by atoms with E-state index in [-0.39, 0.29) is 11.6 Å². The van der Waals surface area contributed by atoms with Gasteiger partial charge in [-0.25, -0.2) is 4.39 Å². The molecule has 0 N–H and O–H groups in total. The van der Waals surface area contributed by atoms with Crippen molar-refractivity contribution in [1.29, 1.82) is 0 Å². The summed E-state index contributed by atoms with van der Waals surface area (Å²) in [5.41, 5.74) is 0.844. The van der Waals surface area contributed by atoms with Crippen LogP contribution in [0.15, 0.2) is 18.2 Å². The van der Waals surface area contributed by atoms with Crippen LogP contribution < -0.4 is 0 Å². The van der Waals surface area contributed by atoms with E-state index in [1.807, 2.05) is 0 Å². The lowest BCUT2D eigenvalue weighted by atomic mass is 9.98. The first-order chi connectivity index (χ1) is 7.09. The Morgan fingerprint density at radius 2 is 2.13 bits per heavy atom. The number of benzene rings is 1. The number of ketones is 1. The number of carbonyl (C=O) groups is 1. The lowest BCUT2D eigenvalue weighted by molar-refractivity contribution is 0.0764. The fraction of sp³-hybridized carbons (Fsp3) is 0.417. The molecule has 0 atom stereocenters. The summed E-state index contributed by atoms with van der Waals surface area (Å²) in [5, 5.41) is 0. The summed E-state index contributed by atoms with van der Waals surface area (Å²) >= 11 is 0. The summed E-state index contributed by atoms with van der Waals surface area (Å²) in [7, 11) is 1.60. The number of hydrogen-bond donors (Lipinski definition) is 0. The van der Waals surface area contributed by atoms with Gasteiger partial charge in [-0.3, -0.25) is 4.79 Å². The standard InChI is InChI=1S/C12H13FO2/c1-8(14)10-4-3-9(13)7-11(10)12(15-2)5-6-12/h3-4,7H,5-6H2,1-2H3. The lowest BCUT2D eigenvalue weighted by Crippen LogP contribution is -2.14. The highest BCUT2D eigenvalue weighted by molar-refractivity contribution is 5.96. The highest BCUT2D eigenvalue weighted by atomic mass is 19.1. The van der Waals surface area contributed by atoms with Crippen LogP contribution in [-0.4, -0.2) is 12.9 Å². The fourth-order valence-corrected chi connectivity index (χ4v) is 1.90. The van der Waals surface area contributed by atoms with Gasteiger partial charge in [0.15, 0.2) is 5.78 Å². The van der Waals surface area contributed by atoms with E-state index in [0.717, 1.165) is 12.8 Å². The summed E-state index contributed by atoms with van der Waals surface area (Å²) in [5.74, 6) is -0.369. The molecule has 1 aromatic carbocycles. The average Bonchev–Trinajstić information content (AvgIpc) is 2.97. The molecule has 0 bridgehead atoms. The van der Waals surface area contributed by atoms with Crippen LogP contribution in [0, 0.1) is 5.82 Å². The van der Waals surface area contributed by atoms with E-state index in [2.05, 4.69) is 0 Å². The predicted octanol–water partition coefficient (Wildman–Crippen LogP) is 2.66. The second-order valence-electron chi connectivity index (χ2n) is 3.94. The Bertz CT molecular complexity index is 408. The van der Waals surface area contributed by atoms with Gasteiger partial charge in [0.05, 0.1) is 5.60 Å². The minimum absolute atomic E-state index is 0.0478. The molecule has 0 aromatic heterocycles. The monoisotopic (exact) mass is 208 g/mol. The Morgan fingerprint density at radius 3 is 2.60 bits per heavy atom. The fourth-order valence-electron chi connectivity index (χ4n) is 1.90. The molecule has 0 spiro atoms. The van der Waals surface area contributed by atoms with Crippen LogP contribution in [0.2, 0.25) is 0 Å². The van der Waals surface area contributed by atoms with Gasteiger partial charge < -0.3 is 4.74 Å². The van der Waals surface area contributed by atoms with Crippen LogP contribution in [-0.2, 0) is 10.3 Å². The first kappa shape index (κ1) is 10.3. The molecule has 0 heterocycles. The van der Waals surface area contributed by atoms with Gasteiger partial charge in [-0.05, 0) is 43.5 Å². The molecule has 1 aromatic rings. The summed E-state index contributed by atoms with van der Waals surface area (Å²) in [6, 6.07) is 4.26. The van der Waals surface area contributed by atoms with Crippen molar-refractivity contribution < 1.29 is 13.9 Å². The van der Waals surface area contributed by atoms with Crippen LogP contribution in [0.3, 0.4) is 0 Å². The molecule has 0 unspecified atom stereocenters. The normalized spacial score (nSPS) is 17.5. The maximum Gasteiger partial charge on any atom is 0.160 e. The van der Waals surface area contributed by atoms with Crippen molar-refractivity contribution in [2.75, 3.05) is 7.11 Å². The van der Waals surface area contributed by atoms with Gasteiger partial charge in [-0.2, -0.15) is 0 Å². The van der Waals surface area contributed by atoms with E-state index in [4.69, 9.17) is 4.74 Å². The van der Waals surface area contributed by atoms with Crippen LogP contribution >= 0.6 is 0 Å². The third-order valence-corrected chi connectivity index (χ3v) is 2.95. The van der Waals surface area contributed by atoms with Crippen molar-refractivity contribution in [2.45, 2.75) is 25.4 Å². The van der Waals surface area contributed by atoms with Gasteiger partial charge in [0.25, 0.3) is 0 Å². The van der Waals surface area contributed by atoms with E-state index < -0.39 is 5.60 Å². The molecular weight excluding hydrogens is 195 g/mol. The van der Waals surface area contributed by atoms with Crippen molar-refractivity contribution in [3.8, 4) is 0 Å². The summed E-state index contributed by atoms with van der Waals surface area (Å²) in [6.45, 7) is 1.49. The second-order valence-corrected chi connectivity index (χ2v) is 3.94. The predicted molar refractivity (Wildman–Crippen MR) is 54.3 cm³/mol. The topological polar surface area (TPSA) is 26.3 Å². The van der Waals surface area contributed by atoms with Crippen LogP contribution in [0.4, 0.5) is 4.39 Å². The van der Waals surface area contributed by atoms with E-state index in [9.17, 15) is 9.18 Å². The number of Topliss-reactive ketones (excluding diaryl/α,β-unsaturated/α-hetero) is 1. The van der Waals surface area contributed by atoms with Crippen molar-refractivity contribution in [3.63, 3.8) is 0 Å². The Labute approximate surface area is 88.1 Å². The van der Waals surface area contributed by atoms with Gasteiger partial charge in [-0.15, -0.1) is 0 Å². The SMILES string of the molecule is COC1(c2cc(F)ccc2C(C)=O)CC1. The molecule has 1 aliphatic rings. The van der Waals surface area contributed by atoms with E-state index in [1.54, 1.807) is 7.11 Å². The highest BCUT2D eigenvalue weighted by Crippen LogP contribution is 2.50. The smallest absolute Gasteiger partial charge is 0.160 e. The number of hydrogen-bond acceptors (Lipinski definition) is 2. The third-order valence-electron chi connectivity index (χ3n) is 2.95. The largest absolute Gasteiger partial charge is 0.374 e. The van der Waals surface area contributed by atoms with E-state index in [1.165, 1.54) is 25.1 Å². The van der Waals surface area contributed by atoms with Gasteiger partial charge in [0.1, 0.15) is 5.82 Å². The van der Waals surface area contributed by atoms with Crippen LogP contribution in [0.1, 0.15) is 35.7 Å². The van der Waals surface area contributed by atoms with Gasteiger partial charge in [0.2, 0.25) is 0 Å². The van der Waals surface area contributed by atoms with Crippen molar-refractivity contribution >= 4 is 5.78 Å². The summed E-state index contributed by atoms with van der Waals surface area (Å²) in [4.78, 5) is 11.4. The zero-order chi connectivity index (χ0) is 11.1. The first-order valence-corrected chi connectivity index (χ1v) is 4.95. The highest BCUT2D eigenvalue weighted by Gasteiger charge is 2.46. The molecule has 2 nitrogen and oxygen atoms in total. The van der Waals surface area contributed by atoms with E-state index >= 15 is 0 Å². The maximum absolute atomic E-state index is 13.1. The molecule has 2 rings (SSSR count). The molecule has 1 saturated carbocycles. The van der Waals surface area contributed by atoms with Crippen LogP contribution in [0.5, 0.6) is 0 Å². The van der Waals surface area contributed by atoms with Gasteiger partial charge >= 0.3 is 0 Å². The molecule has 15 heavy (non-hydrogen) atoms. The molecule has 0 saturated heterocycles. The van der Waals surface area contributed by atoms with Gasteiger partial charge in [0, 0.05) is 12.7 Å². The number of rotatable bonds is 3.